The van der Waals surface area contributed by atoms with E-state index in [1.807, 2.05) is 61.2 Å². The first-order chi connectivity index (χ1) is 16.0. The van der Waals surface area contributed by atoms with E-state index in [2.05, 4.69) is 5.10 Å². The average Bonchev–Trinajstić information content (AvgIpc) is 3.20. The molecular formula is C26H25FN4O2. The zero-order valence-electron chi connectivity index (χ0n) is 18.6. The van der Waals surface area contributed by atoms with Gasteiger partial charge in [0.1, 0.15) is 5.82 Å². The van der Waals surface area contributed by atoms with E-state index < -0.39 is 0 Å². The van der Waals surface area contributed by atoms with Crippen LogP contribution in [0.2, 0.25) is 0 Å². The zero-order valence-corrected chi connectivity index (χ0v) is 18.6. The number of morpholine rings is 1. The Morgan fingerprint density at radius 2 is 1.82 bits per heavy atom. The maximum atomic E-state index is 13.7. The van der Waals surface area contributed by atoms with Crippen molar-refractivity contribution >= 4 is 16.9 Å². The number of ether oxygens (including phenoxy) is 1. The highest BCUT2D eigenvalue weighted by molar-refractivity contribution is 6.06. The van der Waals surface area contributed by atoms with Gasteiger partial charge in [-0.15, -0.1) is 0 Å². The number of rotatable bonds is 4. The number of hydrogen-bond donors (Lipinski definition) is 0. The predicted octanol–water partition coefficient (Wildman–Crippen LogP) is 4.54. The molecule has 0 bridgehead atoms. The molecule has 1 aliphatic rings. The monoisotopic (exact) mass is 444 g/mol. The number of aromatic nitrogens is 3. The maximum Gasteiger partial charge on any atom is 0.254 e. The minimum absolute atomic E-state index is 0.0284. The fraction of sp³-hybridized carbons (Fsp3) is 0.269. The van der Waals surface area contributed by atoms with Crippen LogP contribution in [0.3, 0.4) is 0 Å². The summed E-state index contributed by atoms with van der Waals surface area (Å²) >= 11 is 0. The van der Waals surface area contributed by atoms with Gasteiger partial charge in [0.05, 0.1) is 41.6 Å². The lowest BCUT2D eigenvalue weighted by Crippen LogP contribution is -2.48. The van der Waals surface area contributed by atoms with Crippen molar-refractivity contribution in [2.24, 2.45) is 0 Å². The van der Waals surface area contributed by atoms with Gasteiger partial charge in [-0.05, 0) is 37.6 Å². The Hall–Kier alpha value is -3.58. The highest BCUT2D eigenvalue weighted by atomic mass is 19.1. The molecule has 2 aromatic heterocycles. The molecule has 0 aliphatic carbocycles. The van der Waals surface area contributed by atoms with Crippen molar-refractivity contribution in [3.05, 3.63) is 83.8 Å². The number of benzene rings is 2. The largest absolute Gasteiger partial charge is 0.372 e. The zero-order chi connectivity index (χ0) is 22.9. The third kappa shape index (κ3) is 4.36. The summed E-state index contributed by atoms with van der Waals surface area (Å²) in [6, 6.07) is 18.0. The molecule has 33 heavy (non-hydrogen) atoms. The smallest absolute Gasteiger partial charge is 0.254 e. The van der Waals surface area contributed by atoms with E-state index in [1.165, 1.54) is 12.1 Å². The number of amides is 1. The van der Waals surface area contributed by atoms with Gasteiger partial charge in [-0.25, -0.2) is 14.1 Å². The molecule has 0 N–H and O–H groups in total. The summed E-state index contributed by atoms with van der Waals surface area (Å²) in [5, 5.41) is 5.19. The van der Waals surface area contributed by atoms with Crippen molar-refractivity contribution in [3.8, 4) is 11.3 Å². The molecule has 1 saturated heterocycles. The number of carbonyl (C=O) groups is 1. The van der Waals surface area contributed by atoms with Crippen LogP contribution in [-0.2, 0) is 11.3 Å². The molecule has 0 saturated carbocycles. The highest BCUT2D eigenvalue weighted by Crippen LogP contribution is 2.27. The number of carbonyl (C=O) groups excluding carboxylic acids is 1. The van der Waals surface area contributed by atoms with E-state index in [-0.39, 0.29) is 23.9 Å². The molecule has 168 valence electrons. The van der Waals surface area contributed by atoms with Crippen molar-refractivity contribution in [2.75, 3.05) is 13.1 Å². The number of pyridine rings is 1. The van der Waals surface area contributed by atoms with Crippen LogP contribution in [0.15, 0.2) is 66.9 Å². The van der Waals surface area contributed by atoms with Crippen LogP contribution in [0.1, 0.15) is 29.8 Å². The van der Waals surface area contributed by atoms with Crippen molar-refractivity contribution in [1.82, 2.24) is 19.7 Å². The second-order valence-corrected chi connectivity index (χ2v) is 8.56. The fourth-order valence-electron chi connectivity index (χ4n) is 4.42. The molecular weight excluding hydrogens is 419 g/mol. The Morgan fingerprint density at radius 3 is 2.55 bits per heavy atom. The van der Waals surface area contributed by atoms with Crippen molar-refractivity contribution in [3.63, 3.8) is 0 Å². The predicted molar refractivity (Wildman–Crippen MR) is 124 cm³/mol. The first kappa shape index (κ1) is 21.3. The maximum absolute atomic E-state index is 13.7. The van der Waals surface area contributed by atoms with Crippen LogP contribution in [0.5, 0.6) is 0 Å². The van der Waals surface area contributed by atoms with Gasteiger partial charge in [-0.1, -0.05) is 42.5 Å². The number of nitrogens with zero attached hydrogens (tertiary/aromatic N) is 4. The summed E-state index contributed by atoms with van der Waals surface area (Å²) in [5.74, 6) is -0.361. The first-order valence-corrected chi connectivity index (χ1v) is 11.1. The lowest BCUT2D eigenvalue weighted by Gasteiger charge is -2.35. The molecule has 2 unspecified atom stereocenters. The third-order valence-corrected chi connectivity index (χ3v) is 5.84. The minimum atomic E-state index is -0.298. The molecule has 3 heterocycles. The Bertz CT molecular complexity index is 1290. The van der Waals surface area contributed by atoms with E-state index in [0.717, 1.165) is 11.1 Å². The van der Waals surface area contributed by atoms with Crippen molar-refractivity contribution < 1.29 is 13.9 Å². The molecule has 6 nitrogen and oxygen atoms in total. The van der Waals surface area contributed by atoms with Crippen LogP contribution >= 0.6 is 0 Å². The van der Waals surface area contributed by atoms with E-state index in [0.29, 0.717) is 41.9 Å². The van der Waals surface area contributed by atoms with Gasteiger partial charge in [0.2, 0.25) is 0 Å². The molecule has 5 rings (SSSR count). The topological polar surface area (TPSA) is 60.2 Å². The summed E-state index contributed by atoms with van der Waals surface area (Å²) in [6.45, 7) is 5.37. The average molecular weight is 445 g/mol. The molecule has 1 fully saturated rings. The minimum Gasteiger partial charge on any atom is -0.372 e. The summed E-state index contributed by atoms with van der Waals surface area (Å²) in [6.07, 6.45) is 1.62. The van der Waals surface area contributed by atoms with Crippen LogP contribution in [0.25, 0.3) is 22.3 Å². The highest BCUT2D eigenvalue weighted by Gasteiger charge is 2.29. The molecule has 2 aromatic carbocycles. The lowest BCUT2D eigenvalue weighted by molar-refractivity contribution is -0.0585. The number of halogens is 1. The van der Waals surface area contributed by atoms with Gasteiger partial charge in [0, 0.05) is 18.7 Å². The van der Waals surface area contributed by atoms with Gasteiger partial charge in [-0.2, -0.15) is 5.10 Å². The van der Waals surface area contributed by atoms with E-state index in [4.69, 9.17) is 9.72 Å². The molecule has 0 radical (unpaired) electrons. The molecule has 1 amide bonds. The summed E-state index contributed by atoms with van der Waals surface area (Å²) in [5.41, 5.74) is 3.54. The Morgan fingerprint density at radius 1 is 1.06 bits per heavy atom. The second kappa shape index (κ2) is 8.75. The van der Waals surface area contributed by atoms with Crippen molar-refractivity contribution in [2.45, 2.75) is 32.6 Å². The normalized spacial score (nSPS) is 18.6. The summed E-state index contributed by atoms with van der Waals surface area (Å²) in [7, 11) is 0. The van der Waals surface area contributed by atoms with E-state index in [1.54, 1.807) is 16.9 Å². The van der Waals surface area contributed by atoms with E-state index in [9.17, 15) is 9.18 Å². The number of hydrogen-bond acceptors (Lipinski definition) is 4. The lowest BCUT2D eigenvalue weighted by atomic mass is 10.1. The van der Waals surface area contributed by atoms with Crippen LogP contribution in [0.4, 0.5) is 4.39 Å². The van der Waals surface area contributed by atoms with Gasteiger partial charge >= 0.3 is 0 Å². The van der Waals surface area contributed by atoms with Gasteiger partial charge in [-0.3, -0.25) is 4.79 Å². The summed E-state index contributed by atoms with van der Waals surface area (Å²) in [4.78, 5) is 20.3. The quantitative estimate of drug-likeness (QED) is 0.464. The fourth-order valence-corrected chi connectivity index (χ4v) is 4.42. The first-order valence-electron chi connectivity index (χ1n) is 11.1. The SMILES string of the molecule is CC1CN(C(=O)c2cc(-c3ccccc3)nc3c2cnn3Cc2cccc(F)c2)CC(C)O1. The van der Waals surface area contributed by atoms with Gasteiger partial charge < -0.3 is 9.64 Å². The third-order valence-electron chi connectivity index (χ3n) is 5.84. The molecule has 2 atom stereocenters. The Kier molecular flexibility index (Phi) is 5.64. The molecule has 7 heteroatoms. The summed E-state index contributed by atoms with van der Waals surface area (Å²) < 4.78 is 21.3. The number of fused-ring (bicyclic) bond motifs is 1. The molecule has 1 aliphatic heterocycles. The van der Waals surface area contributed by atoms with Gasteiger partial charge in [0.15, 0.2) is 5.65 Å². The van der Waals surface area contributed by atoms with Crippen molar-refractivity contribution in [1.29, 1.82) is 0 Å². The Labute approximate surface area is 191 Å². The van der Waals surface area contributed by atoms with Crippen LogP contribution < -0.4 is 0 Å². The standard InChI is InChI=1S/C26H25FN4O2/c1-17-14-30(15-18(2)33-17)26(32)22-12-24(20-8-4-3-5-9-20)29-25-23(22)13-28-31(25)16-19-7-6-10-21(27)11-19/h3-13,17-18H,14-16H2,1-2H3. The van der Waals surface area contributed by atoms with Crippen LogP contribution in [-0.4, -0.2) is 50.9 Å². The van der Waals surface area contributed by atoms with Gasteiger partial charge in [0.25, 0.3) is 5.91 Å². The van der Waals surface area contributed by atoms with Crippen LogP contribution in [0, 0.1) is 5.82 Å². The molecule has 0 spiro atoms. The van der Waals surface area contributed by atoms with E-state index >= 15 is 0 Å². The molecule has 4 aromatic rings. The Balaban J connectivity index is 1.61. The second-order valence-electron chi connectivity index (χ2n) is 8.56.